The molecule has 1 atom stereocenters. The first kappa shape index (κ1) is 15.7. The lowest BCUT2D eigenvalue weighted by atomic mass is 10.1. The minimum atomic E-state index is -0.583. The van der Waals surface area contributed by atoms with Crippen molar-refractivity contribution in [1.82, 2.24) is 9.97 Å². The molecule has 2 rings (SSSR count). The lowest BCUT2D eigenvalue weighted by Crippen LogP contribution is -2.14. The van der Waals surface area contributed by atoms with E-state index >= 15 is 0 Å². The van der Waals surface area contributed by atoms with Gasteiger partial charge in [-0.2, -0.15) is 4.98 Å². The first-order valence-electron chi connectivity index (χ1n) is 6.94. The van der Waals surface area contributed by atoms with Crippen molar-refractivity contribution in [3.05, 3.63) is 46.6 Å². The summed E-state index contributed by atoms with van der Waals surface area (Å²) in [6, 6.07) is 9.54. The fraction of sp³-hybridized carbons (Fsp3) is 0.333. The summed E-state index contributed by atoms with van der Waals surface area (Å²) in [7, 11) is 0. The van der Waals surface area contributed by atoms with Crippen LogP contribution in [0.4, 0.5) is 11.8 Å². The molecule has 6 heteroatoms. The van der Waals surface area contributed by atoms with Crippen LogP contribution in [0, 0.1) is 0 Å². The van der Waals surface area contributed by atoms with E-state index in [4.69, 9.17) is 0 Å². The van der Waals surface area contributed by atoms with E-state index in [2.05, 4.69) is 43.5 Å². The van der Waals surface area contributed by atoms with E-state index in [9.17, 15) is 5.11 Å². The van der Waals surface area contributed by atoms with Crippen LogP contribution in [0.25, 0.3) is 0 Å². The van der Waals surface area contributed by atoms with Crippen LogP contribution in [-0.2, 0) is 0 Å². The van der Waals surface area contributed by atoms with Crippen LogP contribution in [-0.4, -0.2) is 28.2 Å². The standard InChI is InChI=1S/C15H19BrN4O/c1-2-8-17-15-19-9-12(16)14(20-15)18-10-13(21)11-6-4-3-5-7-11/h3-7,9,13,21H,2,8,10H2,1H3,(H2,17,18,19,20). The molecular formula is C15H19BrN4O. The molecule has 1 aromatic carbocycles. The van der Waals surface area contributed by atoms with Gasteiger partial charge in [0.1, 0.15) is 5.82 Å². The third-order valence-electron chi connectivity index (χ3n) is 2.92. The van der Waals surface area contributed by atoms with Crippen LogP contribution in [0.1, 0.15) is 25.0 Å². The second-order valence-corrected chi connectivity index (χ2v) is 5.48. The highest BCUT2D eigenvalue weighted by Gasteiger charge is 2.09. The predicted octanol–water partition coefficient (Wildman–Crippen LogP) is 3.21. The highest BCUT2D eigenvalue weighted by molar-refractivity contribution is 9.10. The normalized spacial score (nSPS) is 12.0. The van der Waals surface area contributed by atoms with Gasteiger partial charge in [0.15, 0.2) is 0 Å². The quantitative estimate of drug-likeness (QED) is 0.715. The van der Waals surface area contributed by atoms with Crippen LogP contribution in [0.3, 0.4) is 0 Å². The van der Waals surface area contributed by atoms with E-state index in [1.807, 2.05) is 30.3 Å². The topological polar surface area (TPSA) is 70.1 Å². The third-order valence-corrected chi connectivity index (χ3v) is 3.50. The van der Waals surface area contributed by atoms with Crippen LogP contribution >= 0.6 is 15.9 Å². The molecule has 1 aromatic heterocycles. The summed E-state index contributed by atoms with van der Waals surface area (Å²) < 4.78 is 0.768. The van der Waals surface area contributed by atoms with Gasteiger partial charge in [-0.05, 0) is 27.9 Å². The molecule has 0 spiro atoms. The maximum atomic E-state index is 10.1. The number of rotatable bonds is 7. The highest BCUT2D eigenvalue weighted by Crippen LogP contribution is 2.21. The summed E-state index contributed by atoms with van der Waals surface area (Å²) in [5.41, 5.74) is 0.875. The van der Waals surface area contributed by atoms with Gasteiger partial charge in [0, 0.05) is 19.3 Å². The van der Waals surface area contributed by atoms with Gasteiger partial charge in [0.2, 0.25) is 5.95 Å². The summed E-state index contributed by atoms with van der Waals surface area (Å²) in [4.78, 5) is 8.57. The van der Waals surface area contributed by atoms with Crippen molar-refractivity contribution in [2.75, 3.05) is 23.7 Å². The molecule has 0 aliphatic rings. The van der Waals surface area contributed by atoms with Gasteiger partial charge < -0.3 is 15.7 Å². The molecule has 1 unspecified atom stereocenters. The van der Waals surface area contributed by atoms with E-state index in [-0.39, 0.29) is 0 Å². The molecule has 21 heavy (non-hydrogen) atoms. The maximum Gasteiger partial charge on any atom is 0.224 e. The van der Waals surface area contributed by atoms with E-state index < -0.39 is 6.10 Å². The van der Waals surface area contributed by atoms with E-state index in [0.717, 1.165) is 23.0 Å². The van der Waals surface area contributed by atoms with Crippen molar-refractivity contribution < 1.29 is 5.11 Å². The summed E-state index contributed by atoms with van der Waals surface area (Å²) in [5, 5.41) is 16.4. The maximum absolute atomic E-state index is 10.1. The van der Waals surface area contributed by atoms with Gasteiger partial charge in [-0.3, -0.25) is 0 Å². The molecule has 2 aromatic rings. The number of aliphatic hydroxyl groups excluding tert-OH is 1. The zero-order chi connectivity index (χ0) is 15.1. The Morgan fingerprint density at radius 1 is 1.24 bits per heavy atom. The number of hydrogen-bond acceptors (Lipinski definition) is 5. The first-order valence-corrected chi connectivity index (χ1v) is 7.73. The van der Waals surface area contributed by atoms with Crippen LogP contribution in [0.2, 0.25) is 0 Å². The van der Waals surface area contributed by atoms with Crippen molar-refractivity contribution >= 4 is 27.7 Å². The molecule has 5 nitrogen and oxygen atoms in total. The molecular weight excluding hydrogens is 332 g/mol. The molecule has 0 saturated carbocycles. The van der Waals surface area contributed by atoms with Crippen molar-refractivity contribution in [3.8, 4) is 0 Å². The summed E-state index contributed by atoms with van der Waals surface area (Å²) >= 11 is 3.41. The molecule has 0 aliphatic heterocycles. The van der Waals surface area contributed by atoms with Gasteiger partial charge in [-0.15, -0.1) is 0 Å². The Balaban J connectivity index is 1.99. The fourth-order valence-corrected chi connectivity index (χ4v) is 2.13. The average molecular weight is 351 g/mol. The highest BCUT2D eigenvalue weighted by atomic mass is 79.9. The lowest BCUT2D eigenvalue weighted by molar-refractivity contribution is 0.191. The largest absolute Gasteiger partial charge is 0.387 e. The number of aliphatic hydroxyl groups is 1. The zero-order valence-electron chi connectivity index (χ0n) is 11.9. The van der Waals surface area contributed by atoms with Crippen molar-refractivity contribution in [2.45, 2.75) is 19.4 Å². The number of nitrogens with zero attached hydrogens (tertiary/aromatic N) is 2. The Hall–Kier alpha value is -1.66. The van der Waals surface area contributed by atoms with E-state index in [0.29, 0.717) is 18.3 Å². The first-order chi connectivity index (χ1) is 10.2. The predicted molar refractivity (Wildman–Crippen MR) is 88.4 cm³/mol. The molecule has 0 radical (unpaired) electrons. The number of anilines is 2. The number of hydrogen-bond donors (Lipinski definition) is 3. The Bertz CT molecular complexity index is 565. The number of benzene rings is 1. The lowest BCUT2D eigenvalue weighted by Gasteiger charge is -2.14. The summed E-state index contributed by atoms with van der Waals surface area (Å²) in [6.07, 6.45) is 2.12. The van der Waals surface area contributed by atoms with E-state index in [1.165, 1.54) is 0 Å². The van der Waals surface area contributed by atoms with Crippen LogP contribution in [0.5, 0.6) is 0 Å². The van der Waals surface area contributed by atoms with Crippen molar-refractivity contribution in [2.24, 2.45) is 0 Å². The van der Waals surface area contributed by atoms with Gasteiger partial charge in [-0.25, -0.2) is 4.98 Å². The van der Waals surface area contributed by atoms with Gasteiger partial charge in [-0.1, -0.05) is 37.3 Å². The van der Waals surface area contributed by atoms with Gasteiger partial charge in [0.25, 0.3) is 0 Å². The minimum Gasteiger partial charge on any atom is -0.387 e. The van der Waals surface area contributed by atoms with Crippen LogP contribution in [0.15, 0.2) is 41.0 Å². The Morgan fingerprint density at radius 3 is 2.71 bits per heavy atom. The van der Waals surface area contributed by atoms with Gasteiger partial charge >= 0.3 is 0 Å². The molecule has 3 N–H and O–H groups in total. The smallest absolute Gasteiger partial charge is 0.224 e. The molecule has 112 valence electrons. The van der Waals surface area contributed by atoms with Crippen molar-refractivity contribution in [3.63, 3.8) is 0 Å². The molecule has 0 bridgehead atoms. The summed E-state index contributed by atoms with van der Waals surface area (Å²) in [6.45, 7) is 3.29. The number of nitrogens with one attached hydrogen (secondary N) is 2. The fourth-order valence-electron chi connectivity index (χ4n) is 1.80. The molecule has 0 saturated heterocycles. The monoisotopic (exact) mass is 350 g/mol. The number of aromatic nitrogens is 2. The Morgan fingerprint density at radius 2 is 2.00 bits per heavy atom. The minimum absolute atomic E-state index is 0.382. The SMILES string of the molecule is CCCNc1ncc(Br)c(NCC(O)c2ccccc2)n1. The molecule has 0 amide bonds. The van der Waals surface area contributed by atoms with Crippen LogP contribution < -0.4 is 10.6 Å². The molecule has 1 heterocycles. The molecule has 0 fully saturated rings. The second-order valence-electron chi connectivity index (χ2n) is 4.62. The van der Waals surface area contributed by atoms with Gasteiger partial charge in [0.05, 0.1) is 10.6 Å². The van der Waals surface area contributed by atoms with Crippen molar-refractivity contribution in [1.29, 1.82) is 0 Å². The van der Waals surface area contributed by atoms with E-state index in [1.54, 1.807) is 6.20 Å². The zero-order valence-corrected chi connectivity index (χ0v) is 13.5. The third kappa shape index (κ3) is 4.68. The Kier molecular flexibility index (Phi) is 5.95. The average Bonchev–Trinajstić information content (AvgIpc) is 2.53. The second kappa shape index (κ2) is 7.95. The summed E-state index contributed by atoms with van der Waals surface area (Å²) in [5.74, 6) is 1.25. The number of halogens is 1. The molecule has 0 aliphatic carbocycles. The Labute approximate surface area is 133 Å².